The second-order valence-corrected chi connectivity index (χ2v) is 7.95. The molecule has 0 saturated carbocycles. The molecule has 5 rings (SSSR count). The lowest BCUT2D eigenvalue weighted by Crippen LogP contribution is -2.31. The topological polar surface area (TPSA) is 94.8 Å². The van der Waals surface area contributed by atoms with E-state index in [1.54, 1.807) is 36.4 Å². The van der Waals surface area contributed by atoms with Gasteiger partial charge >= 0.3 is 0 Å². The van der Waals surface area contributed by atoms with Gasteiger partial charge < -0.3 is 13.9 Å². The van der Waals surface area contributed by atoms with E-state index in [4.69, 9.17) is 25.5 Å². The molecule has 1 aliphatic rings. The summed E-state index contributed by atoms with van der Waals surface area (Å²) in [4.78, 5) is 37.1. The van der Waals surface area contributed by atoms with Crippen LogP contribution in [0.15, 0.2) is 64.1 Å². The predicted molar refractivity (Wildman–Crippen MR) is 127 cm³/mol. The molecule has 0 radical (unpaired) electrons. The van der Waals surface area contributed by atoms with Crippen LogP contribution in [0, 0.1) is 0 Å². The highest BCUT2D eigenvalue weighted by Gasteiger charge is 2.45. The van der Waals surface area contributed by atoms with E-state index in [-0.39, 0.29) is 33.7 Å². The van der Waals surface area contributed by atoms with E-state index in [0.29, 0.717) is 35.3 Å². The molecule has 9 heteroatoms. The minimum absolute atomic E-state index is 0.0517. The fourth-order valence-electron chi connectivity index (χ4n) is 4.12. The van der Waals surface area contributed by atoms with E-state index in [1.165, 1.54) is 23.4 Å². The molecule has 1 aliphatic heterocycles. The zero-order valence-corrected chi connectivity index (χ0v) is 19.2. The van der Waals surface area contributed by atoms with Crippen molar-refractivity contribution in [1.82, 2.24) is 9.97 Å². The van der Waals surface area contributed by atoms with Crippen molar-refractivity contribution in [3.8, 4) is 11.5 Å². The Balaban J connectivity index is 1.78. The molecule has 4 aromatic rings. The van der Waals surface area contributed by atoms with Crippen LogP contribution < -0.4 is 19.8 Å². The molecule has 2 aromatic heterocycles. The number of hydrogen-bond donors (Lipinski definition) is 0. The maximum atomic E-state index is 13.7. The molecule has 0 saturated heterocycles. The molecule has 172 valence electrons. The van der Waals surface area contributed by atoms with Gasteiger partial charge in [-0.1, -0.05) is 17.7 Å². The fraction of sp³-hybridized carbons (Fsp3) is 0.200. The van der Waals surface area contributed by atoms with Gasteiger partial charge in [-0.3, -0.25) is 14.5 Å². The summed E-state index contributed by atoms with van der Waals surface area (Å²) in [5, 5.41) is 0.680. The number of fused-ring (bicyclic) bond motifs is 2. The van der Waals surface area contributed by atoms with Crippen LogP contribution in [0.1, 0.15) is 41.6 Å². The highest BCUT2D eigenvalue weighted by Crippen LogP contribution is 2.42. The van der Waals surface area contributed by atoms with Gasteiger partial charge in [-0.2, -0.15) is 0 Å². The number of anilines is 1. The van der Waals surface area contributed by atoms with Gasteiger partial charge in [-0.05, 0) is 55.8 Å². The zero-order valence-electron chi connectivity index (χ0n) is 18.4. The molecular weight excluding hydrogens is 458 g/mol. The number of benzene rings is 2. The molecule has 1 unspecified atom stereocenters. The van der Waals surface area contributed by atoms with E-state index in [0.717, 1.165) is 0 Å². The fourth-order valence-corrected chi connectivity index (χ4v) is 4.29. The van der Waals surface area contributed by atoms with Crippen LogP contribution in [-0.4, -0.2) is 29.1 Å². The molecule has 0 spiro atoms. The summed E-state index contributed by atoms with van der Waals surface area (Å²) in [6.07, 6.45) is 3.07. The summed E-state index contributed by atoms with van der Waals surface area (Å²) >= 11 is 6.14. The van der Waals surface area contributed by atoms with Gasteiger partial charge in [0, 0.05) is 17.4 Å². The number of aromatic nitrogens is 2. The van der Waals surface area contributed by atoms with E-state index in [1.807, 2.05) is 13.8 Å². The molecule has 0 fully saturated rings. The molecular formula is C25H20ClN3O5. The molecule has 1 amide bonds. The summed E-state index contributed by atoms with van der Waals surface area (Å²) in [6.45, 7) is 4.63. The third-order valence-corrected chi connectivity index (χ3v) is 5.72. The van der Waals surface area contributed by atoms with Gasteiger partial charge in [0.2, 0.25) is 11.7 Å². The van der Waals surface area contributed by atoms with Crippen LogP contribution in [0.2, 0.25) is 5.02 Å². The molecule has 2 aromatic carbocycles. The number of hydrogen-bond acceptors (Lipinski definition) is 7. The van der Waals surface area contributed by atoms with E-state index >= 15 is 0 Å². The predicted octanol–water partition coefficient (Wildman–Crippen LogP) is 4.78. The van der Waals surface area contributed by atoms with Crippen molar-refractivity contribution < 1.29 is 18.7 Å². The van der Waals surface area contributed by atoms with Gasteiger partial charge in [0.25, 0.3) is 5.91 Å². The van der Waals surface area contributed by atoms with Crippen molar-refractivity contribution in [2.45, 2.75) is 19.9 Å². The largest absolute Gasteiger partial charge is 0.490 e. The van der Waals surface area contributed by atoms with Crippen LogP contribution in [-0.2, 0) is 0 Å². The van der Waals surface area contributed by atoms with E-state index in [9.17, 15) is 9.59 Å². The number of halogens is 1. The number of carbonyl (C=O) groups is 1. The van der Waals surface area contributed by atoms with Gasteiger partial charge in [-0.15, -0.1) is 0 Å². The Morgan fingerprint density at radius 2 is 1.74 bits per heavy atom. The SMILES string of the molecule is CCOc1ccc(C2c3c(oc4ccc(Cl)cc4c3=O)C(=O)N2c2ncccn2)cc1OCC. The average molecular weight is 478 g/mol. The second-order valence-electron chi connectivity index (χ2n) is 7.51. The van der Waals surface area contributed by atoms with Gasteiger partial charge in [0.05, 0.1) is 30.2 Å². The van der Waals surface area contributed by atoms with E-state index in [2.05, 4.69) is 9.97 Å². The molecule has 0 N–H and O–H groups in total. The molecule has 34 heavy (non-hydrogen) atoms. The Labute approximate surface area is 199 Å². The van der Waals surface area contributed by atoms with Crippen LogP contribution >= 0.6 is 11.6 Å². The lowest BCUT2D eigenvalue weighted by molar-refractivity contribution is 0.0969. The Morgan fingerprint density at radius 3 is 2.47 bits per heavy atom. The third-order valence-electron chi connectivity index (χ3n) is 5.48. The maximum absolute atomic E-state index is 13.7. The van der Waals surface area contributed by atoms with Crippen molar-refractivity contribution in [3.05, 3.63) is 87.0 Å². The lowest BCUT2D eigenvalue weighted by Gasteiger charge is -2.24. The van der Waals surface area contributed by atoms with Crippen LogP contribution in [0.3, 0.4) is 0 Å². The van der Waals surface area contributed by atoms with Crippen molar-refractivity contribution in [2.75, 3.05) is 18.1 Å². The Morgan fingerprint density at radius 1 is 1.00 bits per heavy atom. The molecule has 1 atom stereocenters. The van der Waals surface area contributed by atoms with E-state index < -0.39 is 11.9 Å². The standard InChI is InChI=1S/C25H20ClN3O5/c1-3-32-18-8-6-14(12-19(18)33-4-2)21-20-22(30)16-13-15(26)7-9-17(16)34-23(20)24(31)29(21)25-27-10-5-11-28-25/h5-13,21H,3-4H2,1-2H3. The van der Waals surface area contributed by atoms with Crippen LogP contribution in [0.4, 0.5) is 5.95 Å². The Kier molecular flexibility index (Phi) is 5.67. The monoisotopic (exact) mass is 477 g/mol. The second kappa shape index (κ2) is 8.79. The van der Waals surface area contributed by atoms with Crippen molar-refractivity contribution >= 4 is 34.4 Å². The minimum Gasteiger partial charge on any atom is -0.490 e. The first-order valence-electron chi connectivity index (χ1n) is 10.8. The summed E-state index contributed by atoms with van der Waals surface area (Å²) in [5.74, 6) is 0.663. The summed E-state index contributed by atoms with van der Waals surface area (Å²) in [7, 11) is 0. The van der Waals surface area contributed by atoms with Crippen molar-refractivity contribution in [3.63, 3.8) is 0 Å². The maximum Gasteiger partial charge on any atom is 0.297 e. The number of rotatable bonds is 6. The molecule has 0 aliphatic carbocycles. The molecule has 0 bridgehead atoms. The van der Waals surface area contributed by atoms with Gasteiger partial charge in [-0.25, -0.2) is 9.97 Å². The molecule has 3 heterocycles. The first-order chi connectivity index (χ1) is 16.5. The number of amides is 1. The highest BCUT2D eigenvalue weighted by atomic mass is 35.5. The quantitative estimate of drug-likeness (QED) is 0.394. The summed E-state index contributed by atoms with van der Waals surface area (Å²) < 4.78 is 17.4. The summed E-state index contributed by atoms with van der Waals surface area (Å²) in [6, 6.07) is 10.8. The Hall–Kier alpha value is -3.91. The van der Waals surface area contributed by atoms with Crippen molar-refractivity contribution in [1.29, 1.82) is 0 Å². The first-order valence-corrected chi connectivity index (χ1v) is 11.2. The van der Waals surface area contributed by atoms with Crippen LogP contribution in [0.25, 0.3) is 11.0 Å². The number of ether oxygens (including phenoxy) is 2. The normalized spacial score (nSPS) is 15.0. The van der Waals surface area contributed by atoms with Gasteiger partial charge in [0.15, 0.2) is 16.9 Å². The minimum atomic E-state index is -0.834. The average Bonchev–Trinajstić information content (AvgIpc) is 3.14. The number of carbonyl (C=O) groups excluding carboxylic acids is 1. The molecule has 8 nitrogen and oxygen atoms in total. The zero-order chi connectivity index (χ0) is 23.8. The Bertz CT molecular complexity index is 1450. The highest BCUT2D eigenvalue weighted by molar-refractivity contribution is 6.31. The third kappa shape index (κ3) is 3.56. The summed E-state index contributed by atoms with van der Waals surface area (Å²) in [5.41, 5.74) is 0.749. The van der Waals surface area contributed by atoms with Crippen LogP contribution in [0.5, 0.6) is 11.5 Å². The number of nitrogens with zero attached hydrogens (tertiary/aromatic N) is 3. The first kappa shape index (κ1) is 21.9. The van der Waals surface area contributed by atoms with Gasteiger partial charge in [0.1, 0.15) is 5.58 Å². The smallest absolute Gasteiger partial charge is 0.297 e. The van der Waals surface area contributed by atoms with Crippen molar-refractivity contribution in [2.24, 2.45) is 0 Å². The lowest BCUT2D eigenvalue weighted by atomic mass is 9.98.